The van der Waals surface area contributed by atoms with Gasteiger partial charge in [0.2, 0.25) is 5.91 Å². The zero-order valence-electron chi connectivity index (χ0n) is 17.4. The first-order chi connectivity index (χ1) is 13.1. The first-order valence-electron chi connectivity index (χ1n) is 10.7. The van der Waals surface area contributed by atoms with Crippen LogP contribution in [0, 0.1) is 5.92 Å². The Labute approximate surface area is 165 Å². The summed E-state index contributed by atoms with van der Waals surface area (Å²) in [5.74, 6) is 1.94. The summed E-state index contributed by atoms with van der Waals surface area (Å²) >= 11 is 0. The number of benzene rings is 1. The third-order valence-electron chi connectivity index (χ3n) is 5.38. The first kappa shape index (κ1) is 21.6. The molecule has 4 nitrogen and oxygen atoms in total. The molecule has 1 unspecified atom stereocenters. The van der Waals surface area contributed by atoms with Gasteiger partial charge in [-0.25, -0.2) is 0 Å². The van der Waals surface area contributed by atoms with Crippen molar-refractivity contribution < 1.29 is 14.3 Å². The zero-order valence-corrected chi connectivity index (χ0v) is 17.4. The standard InChI is InChI=1S/C23H37NO3/c1-18(2)21-13-11-9-7-5-4-6-8-10-12-14-23(25)24-20-16-15-19(26-3)17-22(20)27-21/h15-18,21H,4-14H2,1-3H3,(H,24,25). The molecule has 0 saturated heterocycles. The maximum atomic E-state index is 12.4. The largest absolute Gasteiger partial charge is 0.497 e. The van der Waals surface area contributed by atoms with Crippen molar-refractivity contribution in [3.8, 4) is 11.5 Å². The summed E-state index contributed by atoms with van der Waals surface area (Å²) in [4.78, 5) is 12.4. The minimum Gasteiger partial charge on any atom is -0.497 e. The number of methoxy groups -OCH3 is 1. The Morgan fingerprint density at radius 1 is 1.00 bits per heavy atom. The van der Waals surface area contributed by atoms with E-state index in [0.717, 1.165) is 30.7 Å². The predicted octanol–water partition coefficient (Wildman–Crippen LogP) is 6.34. The number of hydrogen-bond acceptors (Lipinski definition) is 3. The Hall–Kier alpha value is -1.71. The van der Waals surface area contributed by atoms with Gasteiger partial charge in [-0.1, -0.05) is 58.8 Å². The van der Waals surface area contributed by atoms with E-state index in [1.807, 2.05) is 18.2 Å². The van der Waals surface area contributed by atoms with E-state index in [4.69, 9.17) is 9.47 Å². The van der Waals surface area contributed by atoms with Crippen molar-refractivity contribution in [1.29, 1.82) is 0 Å². The molecule has 0 aliphatic carbocycles. The number of carbonyl (C=O) groups is 1. The molecule has 2 rings (SSSR count). The predicted molar refractivity (Wildman–Crippen MR) is 112 cm³/mol. The topological polar surface area (TPSA) is 47.6 Å². The second kappa shape index (κ2) is 11.9. The van der Waals surface area contributed by atoms with Gasteiger partial charge in [-0.3, -0.25) is 4.79 Å². The van der Waals surface area contributed by atoms with Crippen LogP contribution in [0.15, 0.2) is 18.2 Å². The molecule has 1 amide bonds. The molecular weight excluding hydrogens is 338 g/mol. The number of anilines is 1. The Morgan fingerprint density at radius 2 is 1.63 bits per heavy atom. The van der Waals surface area contributed by atoms with Gasteiger partial charge in [0.1, 0.15) is 17.6 Å². The Morgan fingerprint density at radius 3 is 2.26 bits per heavy atom. The minimum atomic E-state index is 0.0652. The number of carbonyl (C=O) groups excluding carboxylic acids is 1. The SMILES string of the molecule is COc1ccc2c(c1)OC(C(C)C)CCCCCCCCCCCC(=O)N2. The highest BCUT2D eigenvalue weighted by Crippen LogP contribution is 2.32. The molecule has 1 heterocycles. The maximum Gasteiger partial charge on any atom is 0.224 e. The molecule has 0 radical (unpaired) electrons. The van der Waals surface area contributed by atoms with Crippen LogP contribution < -0.4 is 14.8 Å². The quantitative estimate of drug-likeness (QED) is 0.656. The van der Waals surface area contributed by atoms with Crippen molar-refractivity contribution in [2.45, 2.75) is 90.6 Å². The highest BCUT2D eigenvalue weighted by Gasteiger charge is 2.18. The molecule has 1 N–H and O–H groups in total. The van der Waals surface area contributed by atoms with Gasteiger partial charge in [-0.2, -0.15) is 0 Å². The molecule has 1 aromatic carbocycles. The summed E-state index contributed by atoms with van der Waals surface area (Å²) < 4.78 is 11.7. The van der Waals surface area contributed by atoms with Crippen molar-refractivity contribution in [3.63, 3.8) is 0 Å². The van der Waals surface area contributed by atoms with Crippen molar-refractivity contribution in [3.05, 3.63) is 18.2 Å². The van der Waals surface area contributed by atoms with Crippen molar-refractivity contribution >= 4 is 11.6 Å². The van der Waals surface area contributed by atoms with Crippen LogP contribution >= 0.6 is 0 Å². The van der Waals surface area contributed by atoms with Crippen LogP contribution in [0.4, 0.5) is 5.69 Å². The number of amides is 1. The third kappa shape index (κ3) is 7.82. The van der Waals surface area contributed by atoms with Crippen LogP contribution in [0.3, 0.4) is 0 Å². The van der Waals surface area contributed by atoms with E-state index in [1.54, 1.807) is 7.11 Å². The Bertz CT molecular complexity index is 571. The summed E-state index contributed by atoms with van der Waals surface area (Å²) in [6.07, 6.45) is 12.8. The lowest BCUT2D eigenvalue weighted by Gasteiger charge is -2.24. The Balaban J connectivity index is 2.15. The smallest absolute Gasteiger partial charge is 0.224 e. The van der Waals surface area contributed by atoms with Gasteiger partial charge in [-0.05, 0) is 37.3 Å². The fourth-order valence-electron chi connectivity index (χ4n) is 3.60. The average Bonchev–Trinajstić information content (AvgIpc) is 2.65. The Kier molecular flexibility index (Phi) is 9.51. The number of hydrogen-bond donors (Lipinski definition) is 1. The summed E-state index contributed by atoms with van der Waals surface area (Å²) in [5, 5.41) is 3.05. The summed E-state index contributed by atoms with van der Waals surface area (Å²) in [6.45, 7) is 4.40. The van der Waals surface area contributed by atoms with Crippen LogP contribution in [-0.4, -0.2) is 19.1 Å². The lowest BCUT2D eigenvalue weighted by atomic mass is 9.99. The van der Waals surface area contributed by atoms with Crippen LogP contribution in [0.5, 0.6) is 11.5 Å². The van der Waals surface area contributed by atoms with Gasteiger partial charge >= 0.3 is 0 Å². The van der Waals surface area contributed by atoms with Crippen molar-refractivity contribution in [1.82, 2.24) is 0 Å². The minimum absolute atomic E-state index is 0.0652. The third-order valence-corrected chi connectivity index (χ3v) is 5.38. The van der Waals surface area contributed by atoms with E-state index in [-0.39, 0.29) is 12.0 Å². The summed E-state index contributed by atoms with van der Waals surface area (Å²) in [5.41, 5.74) is 0.746. The molecule has 1 aliphatic rings. The van der Waals surface area contributed by atoms with Crippen molar-refractivity contribution in [2.24, 2.45) is 5.92 Å². The molecule has 0 aromatic heterocycles. The van der Waals surface area contributed by atoms with Crippen molar-refractivity contribution in [2.75, 3.05) is 12.4 Å². The van der Waals surface area contributed by atoms with Crippen LogP contribution in [-0.2, 0) is 4.79 Å². The van der Waals surface area contributed by atoms with E-state index in [2.05, 4.69) is 19.2 Å². The first-order valence-corrected chi connectivity index (χ1v) is 10.7. The second-order valence-corrected chi connectivity index (χ2v) is 8.03. The number of fused-ring (bicyclic) bond motifs is 1. The number of ether oxygens (including phenoxy) is 2. The fourth-order valence-corrected chi connectivity index (χ4v) is 3.60. The normalized spacial score (nSPS) is 20.9. The van der Waals surface area contributed by atoms with Gasteiger partial charge in [0.25, 0.3) is 0 Å². The highest BCUT2D eigenvalue weighted by molar-refractivity contribution is 5.92. The van der Waals surface area contributed by atoms with E-state index < -0.39 is 0 Å². The molecule has 1 atom stereocenters. The molecule has 4 heteroatoms. The molecule has 27 heavy (non-hydrogen) atoms. The fraction of sp³-hybridized carbons (Fsp3) is 0.696. The molecule has 1 aromatic rings. The van der Waals surface area contributed by atoms with Gasteiger partial charge in [-0.15, -0.1) is 0 Å². The number of rotatable bonds is 2. The molecule has 152 valence electrons. The van der Waals surface area contributed by atoms with Gasteiger partial charge < -0.3 is 14.8 Å². The van der Waals surface area contributed by atoms with Crippen LogP contribution in [0.1, 0.15) is 84.5 Å². The van der Waals surface area contributed by atoms with Gasteiger partial charge in [0, 0.05) is 12.5 Å². The zero-order chi connectivity index (χ0) is 19.5. The highest BCUT2D eigenvalue weighted by atomic mass is 16.5. The van der Waals surface area contributed by atoms with E-state index in [1.165, 1.54) is 44.9 Å². The number of nitrogens with one attached hydrogen (secondary N) is 1. The van der Waals surface area contributed by atoms with E-state index in [0.29, 0.717) is 18.1 Å². The monoisotopic (exact) mass is 375 g/mol. The molecule has 0 fully saturated rings. The maximum absolute atomic E-state index is 12.4. The molecular formula is C23H37NO3. The van der Waals surface area contributed by atoms with E-state index >= 15 is 0 Å². The lowest BCUT2D eigenvalue weighted by Crippen LogP contribution is -2.24. The molecule has 0 saturated carbocycles. The molecule has 0 bridgehead atoms. The molecule has 1 aliphatic heterocycles. The van der Waals surface area contributed by atoms with Crippen LogP contribution in [0.25, 0.3) is 0 Å². The summed E-state index contributed by atoms with van der Waals surface area (Å²) in [7, 11) is 1.65. The molecule has 0 spiro atoms. The lowest BCUT2D eigenvalue weighted by molar-refractivity contribution is -0.116. The van der Waals surface area contributed by atoms with Gasteiger partial charge in [0.15, 0.2) is 0 Å². The summed E-state index contributed by atoms with van der Waals surface area (Å²) in [6, 6.07) is 5.64. The van der Waals surface area contributed by atoms with E-state index in [9.17, 15) is 4.79 Å². The van der Waals surface area contributed by atoms with Crippen LogP contribution in [0.2, 0.25) is 0 Å². The average molecular weight is 376 g/mol. The van der Waals surface area contributed by atoms with Gasteiger partial charge in [0.05, 0.1) is 12.8 Å². The second-order valence-electron chi connectivity index (χ2n) is 8.03.